The normalized spacial score (nSPS) is 13.6. The topological polar surface area (TPSA) is 16.4 Å². The van der Waals surface area contributed by atoms with Gasteiger partial charge in [0.2, 0.25) is 0 Å². The molecule has 14 rings (SSSR count). The van der Waals surface area contributed by atoms with Crippen molar-refractivity contribution in [2.24, 2.45) is 0 Å². The van der Waals surface area contributed by atoms with Crippen LogP contribution in [0, 0.1) is 0 Å². The first-order valence-corrected chi connectivity index (χ1v) is 24.7. The third kappa shape index (κ3) is 6.08. The molecule has 0 saturated heterocycles. The number of hydrogen-bond acceptors (Lipinski definition) is 2. The van der Waals surface area contributed by atoms with Crippen LogP contribution < -0.4 is 4.90 Å². The first kappa shape index (κ1) is 41.0. The molecule has 0 amide bonds. The molecule has 0 unspecified atom stereocenters. The molecular formula is C69H47NO. The summed E-state index contributed by atoms with van der Waals surface area (Å²) in [6.45, 7) is 2.38. The maximum Gasteiger partial charge on any atom is 0.141 e. The predicted molar refractivity (Wildman–Crippen MR) is 294 cm³/mol. The van der Waals surface area contributed by atoms with Crippen LogP contribution in [0.2, 0.25) is 0 Å². The van der Waals surface area contributed by atoms with Crippen molar-refractivity contribution in [1.29, 1.82) is 0 Å². The summed E-state index contributed by atoms with van der Waals surface area (Å²) < 4.78 is 7.21. The van der Waals surface area contributed by atoms with E-state index in [4.69, 9.17) is 4.42 Å². The Labute approximate surface area is 414 Å². The molecule has 0 aliphatic heterocycles. The highest BCUT2D eigenvalue weighted by Gasteiger charge is 2.47. The van der Waals surface area contributed by atoms with E-state index in [0.29, 0.717) is 0 Å². The van der Waals surface area contributed by atoms with Gasteiger partial charge in [0.25, 0.3) is 0 Å². The lowest BCUT2D eigenvalue weighted by atomic mass is 9.67. The molecule has 2 nitrogen and oxygen atoms in total. The van der Waals surface area contributed by atoms with Crippen LogP contribution >= 0.6 is 0 Å². The van der Waals surface area contributed by atoms with E-state index in [1.165, 1.54) is 72.3 Å². The van der Waals surface area contributed by atoms with E-state index in [2.05, 4.69) is 279 Å². The zero-order chi connectivity index (χ0) is 47.1. The highest BCUT2D eigenvalue weighted by molar-refractivity contribution is 6.15. The highest BCUT2D eigenvalue weighted by atomic mass is 16.3. The summed E-state index contributed by atoms with van der Waals surface area (Å²) >= 11 is 0. The number of fused-ring (bicyclic) bond motifs is 9. The molecule has 12 aromatic rings. The monoisotopic (exact) mass is 905 g/mol. The van der Waals surface area contributed by atoms with Gasteiger partial charge in [-0.25, -0.2) is 0 Å². The third-order valence-corrected chi connectivity index (χ3v) is 15.7. The van der Waals surface area contributed by atoms with Crippen molar-refractivity contribution < 1.29 is 4.42 Å². The van der Waals surface area contributed by atoms with Crippen LogP contribution in [0.15, 0.2) is 271 Å². The minimum atomic E-state index is -0.564. The van der Waals surface area contributed by atoms with Crippen molar-refractivity contribution in [2.75, 3.05) is 4.90 Å². The summed E-state index contributed by atoms with van der Waals surface area (Å²) in [5, 5.41) is 2.17. The Bertz CT molecular complexity index is 3900. The average Bonchev–Trinajstić information content (AvgIpc) is 4.07. The average molecular weight is 906 g/mol. The molecule has 0 atom stereocenters. The second-order valence-electron chi connectivity index (χ2n) is 19.2. The number of furan rings is 1. The van der Waals surface area contributed by atoms with Gasteiger partial charge in [0.05, 0.1) is 16.5 Å². The van der Waals surface area contributed by atoms with E-state index in [1.807, 2.05) is 0 Å². The summed E-state index contributed by atoms with van der Waals surface area (Å²) in [6, 6.07) is 98.0. The number of benzene rings is 11. The standard InChI is InChI=1S/C69H47NO/c1-68(59-29-15-11-25-54(59)55-26-12-16-30-60(55)68)62-43-44-64(66-58-28-14-18-32-65(58)71-67(62)66)70(52-39-37-49(38-40-52)48-35-33-47(34-36-48)46-19-5-2-6-20-46)53-41-42-57-56-27-13-17-31-61(56)69(63(57)45-53,50-21-7-3-8-22-50)51-23-9-4-10-24-51/h2-45H,1H3. The van der Waals surface area contributed by atoms with Gasteiger partial charge in [-0.2, -0.15) is 0 Å². The lowest BCUT2D eigenvalue weighted by Gasteiger charge is -2.35. The summed E-state index contributed by atoms with van der Waals surface area (Å²) in [6.07, 6.45) is 0. The van der Waals surface area contributed by atoms with Gasteiger partial charge in [0.15, 0.2) is 0 Å². The SMILES string of the molecule is CC1(c2ccc(N(c3ccc(-c4ccc(-c5ccccc5)cc4)cc3)c3ccc4c(c3)C(c3ccccc3)(c3ccccc3)c3ccccc3-4)c3c2oc2ccccc23)c2ccccc2-c2ccccc21. The Hall–Kier alpha value is -8.98. The number of rotatable bonds is 8. The van der Waals surface area contributed by atoms with Gasteiger partial charge in [-0.3, -0.25) is 0 Å². The largest absolute Gasteiger partial charge is 0.456 e. The van der Waals surface area contributed by atoms with Crippen LogP contribution in [0.5, 0.6) is 0 Å². The predicted octanol–water partition coefficient (Wildman–Crippen LogP) is 18.1. The number of anilines is 3. The van der Waals surface area contributed by atoms with E-state index in [9.17, 15) is 0 Å². The van der Waals surface area contributed by atoms with Crippen LogP contribution in [0.25, 0.3) is 66.4 Å². The summed E-state index contributed by atoms with van der Waals surface area (Å²) in [7, 11) is 0. The Morgan fingerprint density at radius 2 is 0.789 bits per heavy atom. The lowest BCUT2D eigenvalue weighted by molar-refractivity contribution is 0.638. The fraction of sp³-hybridized carbons (Fsp3) is 0.0435. The van der Waals surface area contributed by atoms with Gasteiger partial charge in [-0.05, 0) is 121 Å². The van der Waals surface area contributed by atoms with Crippen LogP contribution in [-0.4, -0.2) is 0 Å². The van der Waals surface area contributed by atoms with Crippen molar-refractivity contribution in [2.45, 2.75) is 17.8 Å². The first-order chi connectivity index (χ1) is 35.1. The summed E-state index contributed by atoms with van der Waals surface area (Å²) in [5.41, 5.74) is 22.4. The Morgan fingerprint density at radius 3 is 1.39 bits per heavy atom. The van der Waals surface area contributed by atoms with Gasteiger partial charge in [0.1, 0.15) is 11.2 Å². The molecule has 1 aromatic heterocycles. The fourth-order valence-corrected chi connectivity index (χ4v) is 12.4. The second-order valence-corrected chi connectivity index (χ2v) is 19.2. The van der Waals surface area contributed by atoms with Crippen LogP contribution in [0.1, 0.15) is 45.9 Å². The second kappa shape index (κ2) is 16.1. The van der Waals surface area contributed by atoms with Gasteiger partial charge in [-0.1, -0.05) is 231 Å². The smallest absolute Gasteiger partial charge is 0.141 e. The lowest BCUT2D eigenvalue weighted by Crippen LogP contribution is -2.28. The quantitative estimate of drug-likeness (QED) is 0.151. The fourth-order valence-electron chi connectivity index (χ4n) is 12.4. The molecule has 0 radical (unpaired) electrons. The molecule has 334 valence electrons. The molecule has 2 aliphatic rings. The van der Waals surface area contributed by atoms with Gasteiger partial charge in [-0.15, -0.1) is 0 Å². The third-order valence-electron chi connectivity index (χ3n) is 15.7. The number of para-hydroxylation sites is 1. The van der Waals surface area contributed by atoms with E-state index in [-0.39, 0.29) is 0 Å². The molecule has 0 fully saturated rings. The first-order valence-electron chi connectivity index (χ1n) is 24.7. The minimum Gasteiger partial charge on any atom is -0.456 e. The van der Waals surface area contributed by atoms with E-state index in [1.54, 1.807) is 0 Å². The van der Waals surface area contributed by atoms with Gasteiger partial charge < -0.3 is 9.32 Å². The van der Waals surface area contributed by atoms with E-state index < -0.39 is 10.8 Å². The van der Waals surface area contributed by atoms with E-state index in [0.717, 1.165) is 50.1 Å². The van der Waals surface area contributed by atoms with Crippen LogP contribution in [0.4, 0.5) is 17.1 Å². The molecule has 1 heterocycles. The molecule has 71 heavy (non-hydrogen) atoms. The molecular weight excluding hydrogens is 859 g/mol. The van der Waals surface area contributed by atoms with Crippen molar-refractivity contribution in [3.8, 4) is 44.5 Å². The molecule has 11 aromatic carbocycles. The summed E-state index contributed by atoms with van der Waals surface area (Å²) in [5.74, 6) is 0. The molecule has 0 N–H and O–H groups in total. The van der Waals surface area contributed by atoms with Crippen molar-refractivity contribution in [3.63, 3.8) is 0 Å². The molecule has 0 saturated carbocycles. The maximum absolute atomic E-state index is 7.21. The highest BCUT2D eigenvalue weighted by Crippen LogP contribution is 2.59. The minimum absolute atomic E-state index is 0.468. The Morgan fingerprint density at radius 1 is 0.338 bits per heavy atom. The van der Waals surface area contributed by atoms with Crippen molar-refractivity contribution in [1.82, 2.24) is 0 Å². The molecule has 0 bridgehead atoms. The Kier molecular flexibility index (Phi) is 9.28. The molecule has 2 heteroatoms. The molecule has 2 aliphatic carbocycles. The number of nitrogens with zero attached hydrogens (tertiary/aromatic N) is 1. The van der Waals surface area contributed by atoms with E-state index >= 15 is 0 Å². The Balaban J connectivity index is 1.02. The number of hydrogen-bond donors (Lipinski definition) is 0. The van der Waals surface area contributed by atoms with Crippen molar-refractivity contribution in [3.05, 3.63) is 306 Å². The zero-order valence-electron chi connectivity index (χ0n) is 39.3. The van der Waals surface area contributed by atoms with Gasteiger partial charge in [0, 0.05) is 27.7 Å². The maximum atomic E-state index is 7.21. The van der Waals surface area contributed by atoms with Gasteiger partial charge >= 0.3 is 0 Å². The zero-order valence-corrected chi connectivity index (χ0v) is 39.3. The molecule has 0 spiro atoms. The summed E-state index contributed by atoms with van der Waals surface area (Å²) in [4.78, 5) is 2.47. The van der Waals surface area contributed by atoms with Crippen molar-refractivity contribution >= 4 is 39.0 Å². The van der Waals surface area contributed by atoms with Crippen LogP contribution in [-0.2, 0) is 10.8 Å². The van der Waals surface area contributed by atoms with Crippen LogP contribution in [0.3, 0.4) is 0 Å².